The second kappa shape index (κ2) is 10.2. The summed E-state index contributed by atoms with van der Waals surface area (Å²) in [6, 6.07) is 3.13. The van der Waals surface area contributed by atoms with Gasteiger partial charge in [0.2, 0.25) is 11.8 Å². The second-order valence-electron chi connectivity index (χ2n) is 10.9. The van der Waals surface area contributed by atoms with Crippen LogP contribution in [0.5, 0.6) is 0 Å². The number of ether oxygens (including phenoxy) is 2. The van der Waals surface area contributed by atoms with Crippen LogP contribution in [0.25, 0.3) is 0 Å². The van der Waals surface area contributed by atoms with Crippen molar-refractivity contribution in [2.75, 3.05) is 13.7 Å². The number of carbonyl (C=O) groups excluding carboxylic acids is 3. The van der Waals surface area contributed by atoms with Crippen molar-refractivity contribution >= 4 is 17.7 Å². The SMILES string of the molecule is COC1(C)CCC(N[C@H]2CCCO[C@@H]2Cc2ccc3c(c2F)CN(C2CCC(=O)NC2=O)C3=O)CC1. The van der Waals surface area contributed by atoms with Crippen molar-refractivity contribution in [3.63, 3.8) is 0 Å². The third-order valence-corrected chi connectivity index (χ3v) is 8.58. The molecule has 36 heavy (non-hydrogen) atoms. The molecule has 3 fully saturated rings. The average molecular weight is 502 g/mol. The monoisotopic (exact) mass is 501 g/mol. The number of imide groups is 1. The lowest BCUT2D eigenvalue weighted by atomic mass is 9.82. The number of fused-ring (bicyclic) bond motifs is 1. The molecule has 3 aliphatic heterocycles. The van der Waals surface area contributed by atoms with Crippen molar-refractivity contribution in [3.8, 4) is 0 Å². The highest BCUT2D eigenvalue weighted by Crippen LogP contribution is 2.34. The number of nitrogens with one attached hydrogen (secondary N) is 2. The Morgan fingerprint density at radius 3 is 2.69 bits per heavy atom. The maximum absolute atomic E-state index is 15.7. The van der Waals surface area contributed by atoms with Crippen molar-refractivity contribution in [1.29, 1.82) is 0 Å². The molecular weight excluding hydrogens is 465 g/mol. The number of piperidine rings is 1. The maximum Gasteiger partial charge on any atom is 0.255 e. The van der Waals surface area contributed by atoms with Crippen LogP contribution < -0.4 is 10.6 Å². The third-order valence-electron chi connectivity index (χ3n) is 8.58. The van der Waals surface area contributed by atoms with E-state index in [2.05, 4.69) is 17.6 Å². The summed E-state index contributed by atoms with van der Waals surface area (Å²) >= 11 is 0. The molecule has 1 aromatic carbocycles. The van der Waals surface area contributed by atoms with Gasteiger partial charge in [-0.25, -0.2) is 4.39 Å². The quantitative estimate of drug-likeness (QED) is 0.582. The number of methoxy groups -OCH3 is 1. The van der Waals surface area contributed by atoms with Crippen molar-refractivity contribution in [3.05, 3.63) is 34.6 Å². The van der Waals surface area contributed by atoms with E-state index in [1.54, 1.807) is 19.2 Å². The van der Waals surface area contributed by atoms with Crippen LogP contribution in [0.1, 0.15) is 79.8 Å². The van der Waals surface area contributed by atoms with Gasteiger partial charge in [-0.15, -0.1) is 0 Å². The van der Waals surface area contributed by atoms with Crippen LogP contribution >= 0.6 is 0 Å². The van der Waals surface area contributed by atoms with Crippen LogP contribution in [0.2, 0.25) is 0 Å². The van der Waals surface area contributed by atoms with E-state index in [-0.39, 0.29) is 48.9 Å². The lowest BCUT2D eigenvalue weighted by molar-refractivity contribution is -0.136. The summed E-state index contributed by atoms with van der Waals surface area (Å²) < 4.78 is 27.5. The normalized spacial score (nSPS) is 33.0. The summed E-state index contributed by atoms with van der Waals surface area (Å²) in [5, 5.41) is 6.07. The Kier molecular flexibility index (Phi) is 7.16. The molecule has 5 rings (SSSR count). The van der Waals surface area contributed by atoms with E-state index in [4.69, 9.17) is 9.47 Å². The van der Waals surface area contributed by atoms with Crippen LogP contribution in [-0.4, -0.2) is 66.2 Å². The Labute approximate surface area is 211 Å². The van der Waals surface area contributed by atoms with Gasteiger partial charge in [0, 0.05) is 49.8 Å². The molecule has 1 aromatic rings. The molecule has 0 spiro atoms. The van der Waals surface area contributed by atoms with Crippen molar-refractivity contribution in [2.24, 2.45) is 0 Å². The van der Waals surface area contributed by atoms with E-state index in [1.807, 2.05) is 0 Å². The number of hydrogen-bond donors (Lipinski definition) is 2. The predicted molar refractivity (Wildman–Crippen MR) is 130 cm³/mol. The Bertz CT molecular complexity index is 1040. The van der Waals surface area contributed by atoms with Crippen LogP contribution in [0, 0.1) is 5.82 Å². The highest BCUT2D eigenvalue weighted by atomic mass is 19.1. The average Bonchev–Trinajstić information content (AvgIpc) is 3.20. The molecular formula is C27H36FN3O5. The van der Waals surface area contributed by atoms with Crippen LogP contribution in [0.3, 0.4) is 0 Å². The standard InChI is InChI=1S/C27H36FN3O5/c1-27(35-2)11-9-17(10-12-27)29-20-4-3-13-36-22(20)14-16-5-6-18-19(24(16)28)15-31(26(18)34)21-7-8-23(32)30-25(21)33/h5-6,17,20-22,29H,3-4,7-15H2,1-2H3,(H,30,32,33)/t17?,20-,21?,22+,27?/m0/s1. The summed E-state index contributed by atoms with van der Waals surface area (Å²) in [5.74, 6) is -1.59. The first-order valence-electron chi connectivity index (χ1n) is 13.2. The fourth-order valence-corrected chi connectivity index (χ4v) is 6.16. The molecule has 196 valence electrons. The molecule has 3 amide bonds. The molecule has 2 saturated heterocycles. The number of halogens is 1. The molecule has 3 heterocycles. The fraction of sp³-hybridized carbons (Fsp3) is 0.667. The number of amides is 3. The number of rotatable bonds is 6. The largest absolute Gasteiger partial charge is 0.379 e. The molecule has 4 aliphatic rings. The summed E-state index contributed by atoms with van der Waals surface area (Å²) in [5.41, 5.74) is 1.10. The summed E-state index contributed by atoms with van der Waals surface area (Å²) in [6.45, 7) is 2.86. The van der Waals surface area contributed by atoms with E-state index < -0.39 is 17.8 Å². The minimum absolute atomic E-state index is 0.0354. The van der Waals surface area contributed by atoms with Gasteiger partial charge in [-0.3, -0.25) is 19.7 Å². The smallest absolute Gasteiger partial charge is 0.255 e. The van der Waals surface area contributed by atoms with Crippen LogP contribution in [-0.2, 0) is 32.0 Å². The highest BCUT2D eigenvalue weighted by molar-refractivity contribution is 6.05. The van der Waals surface area contributed by atoms with Gasteiger partial charge < -0.3 is 19.7 Å². The van der Waals surface area contributed by atoms with Gasteiger partial charge in [0.05, 0.1) is 18.2 Å². The second-order valence-corrected chi connectivity index (χ2v) is 10.9. The van der Waals surface area contributed by atoms with E-state index in [0.29, 0.717) is 35.8 Å². The molecule has 0 radical (unpaired) electrons. The fourth-order valence-electron chi connectivity index (χ4n) is 6.16. The zero-order valence-corrected chi connectivity index (χ0v) is 21.1. The van der Waals surface area contributed by atoms with Gasteiger partial charge >= 0.3 is 0 Å². The molecule has 1 saturated carbocycles. The summed E-state index contributed by atoms with van der Waals surface area (Å²) in [4.78, 5) is 38.2. The Hall–Kier alpha value is -2.36. The lowest BCUT2D eigenvalue weighted by Gasteiger charge is -2.40. The molecule has 2 N–H and O–H groups in total. The minimum Gasteiger partial charge on any atom is -0.379 e. The molecule has 8 nitrogen and oxygen atoms in total. The van der Waals surface area contributed by atoms with E-state index in [1.165, 1.54) is 4.90 Å². The molecule has 9 heteroatoms. The lowest BCUT2D eigenvalue weighted by Crippen LogP contribution is -2.52. The molecule has 1 unspecified atom stereocenters. The molecule has 3 atom stereocenters. The van der Waals surface area contributed by atoms with Crippen molar-refractivity contribution < 1.29 is 28.2 Å². The third kappa shape index (κ3) is 4.93. The van der Waals surface area contributed by atoms with E-state index in [0.717, 1.165) is 38.5 Å². The maximum atomic E-state index is 15.7. The zero-order chi connectivity index (χ0) is 25.4. The number of benzene rings is 1. The van der Waals surface area contributed by atoms with Crippen molar-refractivity contribution in [1.82, 2.24) is 15.5 Å². The predicted octanol–water partition coefficient (Wildman–Crippen LogP) is 2.61. The first-order valence-corrected chi connectivity index (χ1v) is 13.2. The molecule has 1 aliphatic carbocycles. The van der Waals surface area contributed by atoms with Crippen LogP contribution in [0.4, 0.5) is 4.39 Å². The van der Waals surface area contributed by atoms with Gasteiger partial charge in [0.1, 0.15) is 11.9 Å². The summed E-state index contributed by atoms with van der Waals surface area (Å²) in [7, 11) is 1.78. The Morgan fingerprint density at radius 2 is 1.97 bits per heavy atom. The van der Waals surface area contributed by atoms with E-state index >= 15 is 4.39 Å². The topological polar surface area (TPSA) is 97.0 Å². The Balaban J connectivity index is 1.27. The number of carbonyl (C=O) groups is 3. The summed E-state index contributed by atoms with van der Waals surface area (Å²) in [6.07, 6.45) is 6.76. The zero-order valence-electron chi connectivity index (χ0n) is 21.1. The molecule has 0 bridgehead atoms. The highest BCUT2D eigenvalue weighted by Gasteiger charge is 2.41. The van der Waals surface area contributed by atoms with Gasteiger partial charge in [-0.05, 0) is 63.5 Å². The first kappa shape index (κ1) is 25.3. The van der Waals surface area contributed by atoms with Gasteiger partial charge in [0.15, 0.2) is 0 Å². The van der Waals surface area contributed by atoms with Gasteiger partial charge in [0.25, 0.3) is 5.91 Å². The minimum atomic E-state index is -0.754. The number of hydrogen-bond acceptors (Lipinski definition) is 6. The van der Waals surface area contributed by atoms with Crippen LogP contribution in [0.15, 0.2) is 12.1 Å². The molecule has 0 aromatic heterocycles. The number of nitrogens with zero attached hydrogens (tertiary/aromatic N) is 1. The Morgan fingerprint density at radius 1 is 1.19 bits per heavy atom. The first-order chi connectivity index (χ1) is 17.3. The van der Waals surface area contributed by atoms with Gasteiger partial charge in [-0.1, -0.05) is 6.07 Å². The van der Waals surface area contributed by atoms with Gasteiger partial charge in [-0.2, -0.15) is 0 Å². The van der Waals surface area contributed by atoms with E-state index in [9.17, 15) is 14.4 Å². The van der Waals surface area contributed by atoms with Crippen molar-refractivity contribution in [2.45, 2.75) is 101 Å².